The van der Waals surface area contributed by atoms with Crippen molar-refractivity contribution in [1.82, 2.24) is 4.57 Å². The van der Waals surface area contributed by atoms with Gasteiger partial charge >= 0.3 is 29.6 Å². The minimum Gasteiger partial charge on any atom is -0.543 e. The van der Waals surface area contributed by atoms with Gasteiger partial charge in [0.1, 0.15) is 5.75 Å². The monoisotopic (exact) mass is 351 g/mol. The number of rotatable bonds is 4. The number of phenols is 1. The van der Waals surface area contributed by atoms with Crippen molar-refractivity contribution >= 4 is 16.9 Å². The normalized spacial score (nSPS) is 13.4. The van der Waals surface area contributed by atoms with Crippen molar-refractivity contribution in [2.24, 2.45) is 0 Å². The number of benzene rings is 1. The fourth-order valence-electron chi connectivity index (χ4n) is 4.00. The first kappa shape index (κ1) is 20.0. The quantitative estimate of drug-likeness (QED) is 0.711. The number of aromatic nitrogens is 1. The molecule has 1 N–H and O–H groups in total. The topological polar surface area (TPSA) is 82.4 Å². The maximum absolute atomic E-state index is 12.6. The third-order valence-electron chi connectivity index (χ3n) is 4.98. The van der Waals surface area contributed by atoms with Crippen LogP contribution in [0.1, 0.15) is 60.3 Å². The van der Waals surface area contributed by atoms with E-state index in [0.717, 1.165) is 61.3 Å². The largest absolute Gasteiger partial charge is 1.00 e. The molecule has 6 heteroatoms. The molecular weight excluding hydrogens is 329 g/mol. The summed E-state index contributed by atoms with van der Waals surface area (Å²) in [7, 11) is 0. The Labute approximate surface area is 169 Å². The molecule has 1 aliphatic carbocycles. The fraction of sp³-hybridized carbons (Fsp3) is 0.474. The number of carboxylic acids is 1. The van der Waals surface area contributed by atoms with Crippen molar-refractivity contribution in [2.45, 2.75) is 58.9 Å². The zero-order chi connectivity index (χ0) is 17.4. The SMILES string of the molecule is CCCc1c2c(c3c(c1O)c(=O)cc(C(=O)[O-])n3CC)CCCC2.[Na+]. The molecule has 0 atom stereocenters. The summed E-state index contributed by atoms with van der Waals surface area (Å²) in [4.78, 5) is 24.0. The zero-order valence-corrected chi connectivity index (χ0v) is 17.1. The van der Waals surface area contributed by atoms with Crippen LogP contribution in [0.2, 0.25) is 0 Å². The van der Waals surface area contributed by atoms with Crippen molar-refractivity contribution in [3.05, 3.63) is 38.7 Å². The summed E-state index contributed by atoms with van der Waals surface area (Å²) in [6.07, 6.45) is 5.32. The van der Waals surface area contributed by atoms with E-state index in [1.807, 2.05) is 13.8 Å². The summed E-state index contributed by atoms with van der Waals surface area (Å²) in [5.41, 5.74) is 3.00. The number of carboxylic acid groups (broad SMARTS) is 1. The Morgan fingerprint density at radius 3 is 2.44 bits per heavy atom. The van der Waals surface area contributed by atoms with E-state index < -0.39 is 11.4 Å². The van der Waals surface area contributed by atoms with E-state index in [-0.39, 0.29) is 46.4 Å². The van der Waals surface area contributed by atoms with E-state index in [1.54, 1.807) is 4.57 Å². The van der Waals surface area contributed by atoms with Gasteiger partial charge < -0.3 is 19.6 Å². The van der Waals surface area contributed by atoms with Gasteiger partial charge in [0.05, 0.1) is 22.6 Å². The van der Waals surface area contributed by atoms with Crippen LogP contribution in [0.25, 0.3) is 10.9 Å². The molecule has 0 unspecified atom stereocenters. The summed E-state index contributed by atoms with van der Waals surface area (Å²) in [5.74, 6) is -1.33. The smallest absolute Gasteiger partial charge is 0.543 e. The summed E-state index contributed by atoms with van der Waals surface area (Å²) in [6, 6.07) is 1.08. The number of aromatic hydroxyl groups is 1. The van der Waals surface area contributed by atoms with E-state index in [4.69, 9.17) is 0 Å². The van der Waals surface area contributed by atoms with Crippen LogP contribution in [0.4, 0.5) is 0 Å². The molecule has 1 aromatic heterocycles. The van der Waals surface area contributed by atoms with Crippen LogP contribution in [0.15, 0.2) is 10.9 Å². The third kappa shape index (κ3) is 3.25. The first-order chi connectivity index (χ1) is 11.5. The van der Waals surface area contributed by atoms with Gasteiger partial charge in [-0.2, -0.15) is 0 Å². The predicted octanol–water partition coefficient (Wildman–Crippen LogP) is -1.07. The van der Waals surface area contributed by atoms with E-state index in [2.05, 4.69) is 0 Å². The number of phenolic OH excluding ortho intramolecular Hbond substituents is 1. The Balaban J connectivity index is 0.00000225. The molecular formula is C19H22NNaO4. The maximum Gasteiger partial charge on any atom is 1.00 e. The van der Waals surface area contributed by atoms with Gasteiger partial charge in [-0.05, 0) is 55.7 Å². The number of hydrogen-bond acceptors (Lipinski definition) is 4. The van der Waals surface area contributed by atoms with Gasteiger partial charge in [-0.25, -0.2) is 0 Å². The van der Waals surface area contributed by atoms with Crippen LogP contribution >= 0.6 is 0 Å². The molecule has 0 radical (unpaired) electrons. The Morgan fingerprint density at radius 1 is 1.24 bits per heavy atom. The van der Waals surface area contributed by atoms with Gasteiger partial charge in [0, 0.05) is 12.6 Å². The average molecular weight is 351 g/mol. The summed E-state index contributed by atoms with van der Waals surface area (Å²) >= 11 is 0. The molecule has 0 bridgehead atoms. The van der Waals surface area contributed by atoms with E-state index in [1.165, 1.54) is 0 Å². The first-order valence-corrected chi connectivity index (χ1v) is 8.65. The molecule has 5 nitrogen and oxygen atoms in total. The van der Waals surface area contributed by atoms with Crippen molar-refractivity contribution in [2.75, 3.05) is 0 Å². The predicted molar refractivity (Wildman–Crippen MR) is 90.5 cm³/mol. The maximum atomic E-state index is 12.6. The molecule has 0 saturated carbocycles. The second-order valence-electron chi connectivity index (χ2n) is 6.39. The van der Waals surface area contributed by atoms with Crippen LogP contribution in [0.3, 0.4) is 0 Å². The molecule has 0 spiro atoms. The van der Waals surface area contributed by atoms with Crippen LogP contribution in [0.5, 0.6) is 5.75 Å². The van der Waals surface area contributed by atoms with Crippen molar-refractivity contribution in [3.63, 3.8) is 0 Å². The summed E-state index contributed by atoms with van der Waals surface area (Å²) in [6.45, 7) is 4.28. The molecule has 0 saturated heterocycles. The minimum absolute atomic E-state index is 0. The van der Waals surface area contributed by atoms with Gasteiger partial charge in [0.25, 0.3) is 0 Å². The van der Waals surface area contributed by atoms with Crippen LogP contribution in [-0.4, -0.2) is 15.6 Å². The second-order valence-corrected chi connectivity index (χ2v) is 6.39. The molecule has 1 aromatic carbocycles. The molecule has 0 fully saturated rings. The number of aryl methyl sites for hydroxylation is 2. The minimum atomic E-state index is -1.36. The van der Waals surface area contributed by atoms with Gasteiger partial charge in [0.2, 0.25) is 0 Å². The standard InChI is InChI=1S/C19H23NO4.Na/c1-3-7-13-11-8-5-6-9-12(11)17-16(18(13)22)15(21)10-14(19(23)24)20(17)4-2;/h10,22H,3-9H2,1-2H3,(H,23,24);/q;+1/p-1. The summed E-state index contributed by atoms with van der Waals surface area (Å²) in [5, 5.41) is 22.5. The number of carbonyl (C=O) groups excluding carboxylic acids is 1. The van der Waals surface area contributed by atoms with Gasteiger partial charge in [0.15, 0.2) is 5.43 Å². The fourth-order valence-corrected chi connectivity index (χ4v) is 4.00. The third-order valence-corrected chi connectivity index (χ3v) is 4.98. The average Bonchev–Trinajstić information content (AvgIpc) is 2.57. The molecule has 25 heavy (non-hydrogen) atoms. The molecule has 0 amide bonds. The number of carbonyl (C=O) groups is 1. The Kier molecular flexibility index (Phi) is 6.35. The van der Waals surface area contributed by atoms with E-state index in [0.29, 0.717) is 12.1 Å². The molecule has 1 heterocycles. The Hall–Kier alpha value is -1.30. The van der Waals surface area contributed by atoms with Crippen molar-refractivity contribution in [3.8, 4) is 5.75 Å². The molecule has 0 aliphatic heterocycles. The Morgan fingerprint density at radius 2 is 1.88 bits per heavy atom. The Bertz CT molecular complexity index is 886. The molecule has 1 aliphatic rings. The number of pyridine rings is 1. The first-order valence-electron chi connectivity index (χ1n) is 8.65. The van der Waals surface area contributed by atoms with Crippen LogP contribution in [-0.2, 0) is 25.8 Å². The van der Waals surface area contributed by atoms with E-state index in [9.17, 15) is 19.8 Å². The van der Waals surface area contributed by atoms with Gasteiger partial charge in [-0.15, -0.1) is 0 Å². The van der Waals surface area contributed by atoms with Crippen molar-refractivity contribution < 1.29 is 44.6 Å². The number of fused-ring (bicyclic) bond motifs is 3. The second kappa shape index (κ2) is 7.94. The number of nitrogens with zero attached hydrogens (tertiary/aromatic N) is 1. The molecule has 128 valence electrons. The number of hydrogen-bond donors (Lipinski definition) is 1. The van der Waals surface area contributed by atoms with E-state index >= 15 is 0 Å². The molecule has 3 rings (SSSR count). The molecule has 2 aromatic rings. The van der Waals surface area contributed by atoms with Gasteiger partial charge in [-0.1, -0.05) is 13.3 Å². The van der Waals surface area contributed by atoms with Gasteiger partial charge in [-0.3, -0.25) is 4.79 Å². The number of aromatic carboxylic acids is 1. The van der Waals surface area contributed by atoms with Crippen molar-refractivity contribution in [1.29, 1.82) is 0 Å². The summed E-state index contributed by atoms with van der Waals surface area (Å²) < 4.78 is 1.60. The van der Waals surface area contributed by atoms with Crippen LogP contribution < -0.4 is 40.1 Å². The van der Waals surface area contributed by atoms with Crippen LogP contribution in [0, 0.1) is 0 Å². The zero-order valence-electron chi connectivity index (χ0n) is 15.1.